The van der Waals surface area contributed by atoms with Gasteiger partial charge in [0.2, 0.25) is 5.91 Å². The zero-order chi connectivity index (χ0) is 14.4. The number of fused-ring (bicyclic) bond motifs is 2. The van der Waals surface area contributed by atoms with Crippen molar-refractivity contribution in [3.05, 3.63) is 28.5 Å². The van der Waals surface area contributed by atoms with Crippen LogP contribution in [0.1, 0.15) is 44.9 Å². The molecule has 2 unspecified atom stereocenters. The molecule has 1 aromatic heterocycles. The summed E-state index contributed by atoms with van der Waals surface area (Å²) in [5.41, 5.74) is 0.684. The van der Waals surface area contributed by atoms with Crippen LogP contribution in [-0.4, -0.2) is 23.4 Å². The second-order valence-corrected chi connectivity index (χ2v) is 8.51. The summed E-state index contributed by atoms with van der Waals surface area (Å²) in [7, 11) is 0. The molecule has 3 heteroatoms. The van der Waals surface area contributed by atoms with Crippen LogP contribution in [0.5, 0.6) is 0 Å². The van der Waals surface area contributed by atoms with Crippen LogP contribution in [0.25, 0.3) is 6.08 Å². The van der Waals surface area contributed by atoms with Crippen molar-refractivity contribution in [1.29, 1.82) is 0 Å². The van der Waals surface area contributed by atoms with Crippen LogP contribution in [0.2, 0.25) is 0 Å². The minimum Gasteiger partial charge on any atom is -0.336 e. The Labute approximate surface area is 125 Å². The maximum absolute atomic E-state index is 12.5. The van der Waals surface area contributed by atoms with Crippen LogP contribution in [0.3, 0.4) is 0 Å². The molecule has 1 saturated carbocycles. The largest absolute Gasteiger partial charge is 0.336 e. The molecular weight excluding hydrogens is 266 g/mol. The first kappa shape index (κ1) is 13.9. The number of carbonyl (C=O) groups is 1. The van der Waals surface area contributed by atoms with Gasteiger partial charge in [0.15, 0.2) is 0 Å². The smallest absolute Gasteiger partial charge is 0.246 e. The predicted molar refractivity (Wildman–Crippen MR) is 84.6 cm³/mol. The maximum atomic E-state index is 12.5. The predicted octanol–water partition coefficient (Wildman–Crippen LogP) is 4.19. The second kappa shape index (κ2) is 4.73. The Morgan fingerprint density at radius 3 is 2.90 bits per heavy atom. The molecule has 1 aliphatic carbocycles. The second-order valence-electron chi connectivity index (χ2n) is 7.53. The third-order valence-electron chi connectivity index (χ3n) is 4.63. The SMILES string of the molecule is CC1(C)CC2CC(C)(CN2C(=O)/C=C/c2cccs2)C1. The van der Waals surface area contributed by atoms with E-state index in [-0.39, 0.29) is 5.91 Å². The van der Waals surface area contributed by atoms with E-state index < -0.39 is 0 Å². The Morgan fingerprint density at radius 2 is 2.20 bits per heavy atom. The summed E-state index contributed by atoms with van der Waals surface area (Å²) in [5.74, 6) is 0.185. The first-order valence-electron chi connectivity index (χ1n) is 7.39. The van der Waals surface area contributed by atoms with Crippen LogP contribution in [0, 0.1) is 10.8 Å². The summed E-state index contributed by atoms with van der Waals surface area (Å²) in [5, 5.41) is 2.04. The topological polar surface area (TPSA) is 20.3 Å². The van der Waals surface area contributed by atoms with E-state index in [4.69, 9.17) is 0 Å². The van der Waals surface area contributed by atoms with Crippen molar-refractivity contribution in [3.63, 3.8) is 0 Å². The summed E-state index contributed by atoms with van der Waals surface area (Å²) in [6.45, 7) is 7.95. The van der Waals surface area contributed by atoms with E-state index in [9.17, 15) is 4.79 Å². The van der Waals surface area contributed by atoms with Crippen molar-refractivity contribution >= 4 is 23.3 Å². The van der Waals surface area contributed by atoms with E-state index in [1.54, 1.807) is 17.4 Å². The highest BCUT2D eigenvalue weighted by molar-refractivity contribution is 7.10. The number of amides is 1. The Hall–Kier alpha value is -1.09. The van der Waals surface area contributed by atoms with Gasteiger partial charge in [-0.15, -0.1) is 11.3 Å². The molecule has 1 amide bonds. The van der Waals surface area contributed by atoms with E-state index in [1.165, 1.54) is 12.8 Å². The summed E-state index contributed by atoms with van der Waals surface area (Å²) in [6.07, 6.45) is 7.25. The van der Waals surface area contributed by atoms with Gasteiger partial charge >= 0.3 is 0 Å². The summed E-state index contributed by atoms with van der Waals surface area (Å²) >= 11 is 1.67. The van der Waals surface area contributed by atoms with Gasteiger partial charge in [-0.3, -0.25) is 4.79 Å². The molecule has 2 nitrogen and oxygen atoms in total. The lowest BCUT2D eigenvalue weighted by Gasteiger charge is -2.39. The standard InChI is InChI=1S/C17H23NOS/c1-16(2)9-13-10-17(3,11-16)12-18(13)15(19)7-6-14-5-4-8-20-14/h4-8,13H,9-12H2,1-3H3/b7-6+. The number of hydrogen-bond donors (Lipinski definition) is 0. The van der Waals surface area contributed by atoms with Crippen LogP contribution in [0.4, 0.5) is 0 Å². The molecule has 2 bridgehead atoms. The van der Waals surface area contributed by atoms with Gasteiger partial charge in [-0.2, -0.15) is 0 Å². The van der Waals surface area contributed by atoms with Gasteiger partial charge in [-0.1, -0.05) is 26.8 Å². The van der Waals surface area contributed by atoms with Crippen molar-refractivity contribution < 1.29 is 4.79 Å². The lowest BCUT2D eigenvalue weighted by molar-refractivity contribution is -0.127. The van der Waals surface area contributed by atoms with Crippen molar-refractivity contribution in [2.45, 2.75) is 46.1 Å². The van der Waals surface area contributed by atoms with Gasteiger partial charge in [-0.05, 0) is 47.6 Å². The third-order valence-corrected chi connectivity index (χ3v) is 5.47. The number of likely N-dealkylation sites (tertiary alicyclic amines) is 1. The van der Waals surface area contributed by atoms with E-state index in [0.29, 0.717) is 16.9 Å². The lowest BCUT2D eigenvalue weighted by Crippen LogP contribution is -2.36. The minimum absolute atomic E-state index is 0.185. The first-order chi connectivity index (χ1) is 9.37. The Morgan fingerprint density at radius 1 is 1.40 bits per heavy atom. The quantitative estimate of drug-likeness (QED) is 0.748. The molecule has 0 aromatic carbocycles. The van der Waals surface area contributed by atoms with Crippen molar-refractivity contribution in [3.8, 4) is 0 Å². The van der Waals surface area contributed by atoms with E-state index >= 15 is 0 Å². The van der Waals surface area contributed by atoms with E-state index in [0.717, 1.165) is 17.8 Å². The van der Waals surface area contributed by atoms with Gasteiger partial charge in [0.1, 0.15) is 0 Å². The van der Waals surface area contributed by atoms with Crippen LogP contribution in [-0.2, 0) is 4.79 Å². The van der Waals surface area contributed by atoms with Crippen molar-refractivity contribution in [2.24, 2.45) is 10.8 Å². The monoisotopic (exact) mass is 289 g/mol. The molecule has 0 spiro atoms. The average molecular weight is 289 g/mol. The summed E-state index contributed by atoms with van der Waals surface area (Å²) in [6, 6.07) is 4.49. The van der Waals surface area contributed by atoms with E-state index in [2.05, 4.69) is 25.7 Å². The molecule has 2 fully saturated rings. The average Bonchev–Trinajstić information content (AvgIpc) is 2.91. The highest BCUT2D eigenvalue weighted by Crippen LogP contribution is 2.52. The van der Waals surface area contributed by atoms with Crippen molar-refractivity contribution in [1.82, 2.24) is 4.90 Å². The molecule has 108 valence electrons. The fraction of sp³-hybridized carbons (Fsp3) is 0.588. The molecule has 1 aromatic rings. The number of rotatable bonds is 2. The van der Waals surface area contributed by atoms with Gasteiger partial charge < -0.3 is 4.90 Å². The van der Waals surface area contributed by atoms with Crippen LogP contribution >= 0.6 is 11.3 Å². The van der Waals surface area contributed by atoms with Gasteiger partial charge in [0.05, 0.1) is 0 Å². The summed E-state index contributed by atoms with van der Waals surface area (Å²) in [4.78, 5) is 15.7. The fourth-order valence-electron chi connectivity index (χ4n) is 4.35. The fourth-order valence-corrected chi connectivity index (χ4v) is 4.97. The highest BCUT2D eigenvalue weighted by atomic mass is 32.1. The molecule has 20 heavy (non-hydrogen) atoms. The number of nitrogens with zero attached hydrogens (tertiary/aromatic N) is 1. The zero-order valence-corrected chi connectivity index (χ0v) is 13.4. The van der Waals surface area contributed by atoms with Gasteiger partial charge in [0, 0.05) is 23.5 Å². The maximum Gasteiger partial charge on any atom is 0.246 e. The Kier molecular flexibility index (Phi) is 3.28. The van der Waals surface area contributed by atoms with Gasteiger partial charge in [-0.25, -0.2) is 0 Å². The molecule has 2 atom stereocenters. The Balaban J connectivity index is 1.74. The number of hydrogen-bond acceptors (Lipinski definition) is 2. The number of carbonyl (C=O) groups excluding carboxylic acids is 1. The highest BCUT2D eigenvalue weighted by Gasteiger charge is 2.50. The van der Waals surface area contributed by atoms with Gasteiger partial charge in [0.25, 0.3) is 0 Å². The molecule has 0 N–H and O–H groups in total. The lowest BCUT2D eigenvalue weighted by atomic mass is 9.65. The first-order valence-corrected chi connectivity index (χ1v) is 8.27. The normalized spacial score (nSPS) is 31.9. The van der Waals surface area contributed by atoms with Crippen LogP contribution < -0.4 is 0 Å². The minimum atomic E-state index is 0.185. The van der Waals surface area contributed by atoms with Crippen molar-refractivity contribution in [2.75, 3.05) is 6.54 Å². The molecule has 2 heterocycles. The molecule has 1 aliphatic heterocycles. The zero-order valence-electron chi connectivity index (χ0n) is 12.6. The molecule has 1 saturated heterocycles. The number of thiophene rings is 1. The third kappa shape index (κ3) is 2.69. The summed E-state index contributed by atoms with van der Waals surface area (Å²) < 4.78 is 0. The molecule has 2 aliphatic rings. The van der Waals surface area contributed by atoms with E-state index in [1.807, 2.05) is 23.6 Å². The van der Waals surface area contributed by atoms with Crippen LogP contribution in [0.15, 0.2) is 23.6 Å². The Bertz CT molecular complexity index is 531. The molecular formula is C17H23NOS. The molecule has 0 radical (unpaired) electrons. The molecule has 3 rings (SSSR count).